The zero-order valence-corrected chi connectivity index (χ0v) is 19.5. The molecule has 1 saturated heterocycles. The molecule has 0 aromatic heterocycles. The molecular formula is C23H28BClFN3S. The van der Waals surface area contributed by atoms with Crippen LogP contribution in [-0.2, 0) is 0 Å². The van der Waals surface area contributed by atoms with Gasteiger partial charge in [-0.15, -0.1) is 5.98 Å². The summed E-state index contributed by atoms with van der Waals surface area (Å²) < 4.78 is 13.7. The van der Waals surface area contributed by atoms with Crippen LogP contribution in [0, 0.1) is 5.82 Å². The molecule has 3 rings (SSSR count). The Labute approximate surface area is 189 Å². The highest BCUT2D eigenvalue weighted by Crippen LogP contribution is 2.43. The number of hydrogen-bond acceptors (Lipinski definition) is 4. The molecule has 2 atom stereocenters. The first kappa shape index (κ1) is 22.9. The third kappa shape index (κ3) is 4.77. The van der Waals surface area contributed by atoms with E-state index in [1.807, 2.05) is 33.9 Å². The molecule has 0 unspecified atom stereocenters. The van der Waals surface area contributed by atoms with Crippen LogP contribution < -0.4 is 5.32 Å². The van der Waals surface area contributed by atoms with Crippen LogP contribution >= 0.6 is 23.4 Å². The summed E-state index contributed by atoms with van der Waals surface area (Å²) in [4.78, 5) is 8.67. The first-order valence-electron chi connectivity index (χ1n) is 10.4. The van der Waals surface area contributed by atoms with Crippen molar-refractivity contribution in [2.24, 2.45) is 4.99 Å². The van der Waals surface area contributed by atoms with Crippen LogP contribution in [0.5, 0.6) is 0 Å². The highest BCUT2D eigenvalue weighted by Gasteiger charge is 2.38. The molecule has 1 aromatic carbocycles. The molecule has 1 N–H and O–H groups in total. The van der Waals surface area contributed by atoms with Crippen molar-refractivity contribution in [2.75, 3.05) is 13.6 Å². The number of rotatable bonds is 7. The lowest BCUT2D eigenvalue weighted by molar-refractivity contribution is 0.509. The van der Waals surface area contributed by atoms with Gasteiger partial charge in [0.2, 0.25) is 0 Å². The summed E-state index contributed by atoms with van der Waals surface area (Å²) in [7, 11) is 4.01. The molecule has 3 nitrogen and oxygen atoms in total. The molecule has 0 aliphatic carbocycles. The second-order valence-corrected chi connectivity index (χ2v) is 8.64. The van der Waals surface area contributed by atoms with Gasteiger partial charge in [0.15, 0.2) is 0 Å². The van der Waals surface area contributed by atoms with Crippen molar-refractivity contribution in [3.05, 3.63) is 80.4 Å². The summed E-state index contributed by atoms with van der Waals surface area (Å²) in [5.74, 6) is 2.67. The molecule has 1 aromatic rings. The van der Waals surface area contributed by atoms with Gasteiger partial charge in [-0.25, -0.2) is 4.39 Å². The topological polar surface area (TPSA) is 27.6 Å². The molecule has 158 valence electrons. The van der Waals surface area contributed by atoms with Crippen LogP contribution in [0.25, 0.3) is 0 Å². The maximum Gasteiger partial charge on any atom is 0.142 e. The number of aliphatic imine (C=N–C) groups is 1. The van der Waals surface area contributed by atoms with Crippen molar-refractivity contribution in [3.8, 4) is 0 Å². The minimum absolute atomic E-state index is 0.266. The first-order valence-corrected chi connectivity index (χ1v) is 11.6. The number of nitrogens with one attached hydrogen (secondary N) is 1. The third-order valence-corrected chi connectivity index (χ3v) is 6.59. The SMILES string of the molecule is B/C=C/C1=C2C[C@H](NC)CN2C(/C(=C\CC)S/C=C\C)=N[C@H]1c1ccc(F)cc1Cl. The fourth-order valence-corrected chi connectivity index (χ4v) is 4.97. The van der Waals surface area contributed by atoms with E-state index in [9.17, 15) is 4.39 Å². The number of hydrogen-bond donors (Lipinski definition) is 1. The second kappa shape index (κ2) is 10.5. The Kier molecular flexibility index (Phi) is 8.03. The van der Waals surface area contributed by atoms with E-state index in [0.29, 0.717) is 11.1 Å². The Morgan fingerprint density at radius 1 is 1.47 bits per heavy atom. The molecule has 0 bridgehead atoms. The number of likely N-dealkylation sites (N-methyl/N-ethyl adjacent to an activating group) is 1. The lowest BCUT2D eigenvalue weighted by Gasteiger charge is -2.33. The summed E-state index contributed by atoms with van der Waals surface area (Å²) >= 11 is 8.17. The van der Waals surface area contributed by atoms with Gasteiger partial charge in [-0.05, 0) is 49.1 Å². The van der Waals surface area contributed by atoms with Crippen molar-refractivity contribution < 1.29 is 4.39 Å². The van der Waals surface area contributed by atoms with Crippen LogP contribution in [0.4, 0.5) is 4.39 Å². The van der Waals surface area contributed by atoms with Gasteiger partial charge in [-0.2, -0.15) is 0 Å². The quantitative estimate of drug-likeness (QED) is 0.588. The molecule has 2 aliphatic rings. The smallest absolute Gasteiger partial charge is 0.142 e. The largest absolute Gasteiger partial charge is 0.327 e. The number of benzene rings is 1. The number of fused-ring (bicyclic) bond motifs is 1. The van der Waals surface area contributed by atoms with Crippen LogP contribution in [0.1, 0.15) is 38.3 Å². The van der Waals surface area contributed by atoms with Crippen molar-refractivity contribution in [3.63, 3.8) is 0 Å². The third-order valence-electron chi connectivity index (χ3n) is 5.26. The van der Waals surface area contributed by atoms with E-state index in [-0.39, 0.29) is 11.9 Å². The van der Waals surface area contributed by atoms with E-state index >= 15 is 0 Å². The molecular weight excluding hydrogens is 416 g/mol. The summed E-state index contributed by atoms with van der Waals surface area (Å²) in [5.41, 5.74) is 3.21. The van der Waals surface area contributed by atoms with E-state index in [1.54, 1.807) is 17.8 Å². The molecule has 1 fully saturated rings. The Bertz CT molecular complexity index is 938. The highest BCUT2D eigenvalue weighted by atomic mass is 35.5. The predicted molar refractivity (Wildman–Crippen MR) is 131 cm³/mol. The van der Waals surface area contributed by atoms with E-state index < -0.39 is 0 Å². The van der Waals surface area contributed by atoms with E-state index in [0.717, 1.165) is 41.3 Å². The zero-order chi connectivity index (χ0) is 21.7. The van der Waals surface area contributed by atoms with Crippen LogP contribution in [0.15, 0.2) is 69.0 Å². The highest BCUT2D eigenvalue weighted by molar-refractivity contribution is 8.06. The van der Waals surface area contributed by atoms with E-state index in [1.165, 1.54) is 17.8 Å². The van der Waals surface area contributed by atoms with Gasteiger partial charge in [-0.3, -0.25) is 4.99 Å². The number of allylic oxidation sites excluding steroid dienone is 2. The molecule has 0 saturated carbocycles. The Balaban J connectivity index is 2.20. The molecule has 0 spiro atoms. The lowest BCUT2D eigenvalue weighted by Crippen LogP contribution is -2.36. The maximum absolute atomic E-state index is 13.7. The molecule has 0 amide bonds. The van der Waals surface area contributed by atoms with Crippen LogP contribution in [0.2, 0.25) is 5.02 Å². The molecule has 2 heterocycles. The minimum Gasteiger partial charge on any atom is -0.327 e. The van der Waals surface area contributed by atoms with Crippen molar-refractivity contribution in [1.82, 2.24) is 10.2 Å². The first-order chi connectivity index (χ1) is 14.5. The van der Waals surface area contributed by atoms with Gasteiger partial charge in [-0.1, -0.05) is 54.6 Å². The number of amidine groups is 1. The van der Waals surface area contributed by atoms with Crippen molar-refractivity contribution in [2.45, 2.75) is 38.8 Å². The van der Waals surface area contributed by atoms with E-state index in [2.05, 4.69) is 34.7 Å². The van der Waals surface area contributed by atoms with Crippen molar-refractivity contribution in [1.29, 1.82) is 0 Å². The lowest BCUT2D eigenvalue weighted by atomic mass is 9.92. The Morgan fingerprint density at radius 3 is 2.90 bits per heavy atom. The number of halogens is 2. The van der Waals surface area contributed by atoms with Crippen LogP contribution in [0.3, 0.4) is 0 Å². The van der Waals surface area contributed by atoms with Gasteiger partial charge in [0.05, 0.1) is 4.91 Å². The van der Waals surface area contributed by atoms with Gasteiger partial charge in [0, 0.05) is 29.7 Å². The fraction of sp³-hybridized carbons (Fsp3) is 0.348. The van der Waals surface area contributed by atoms with Crippen molar-refractivity contribution >= 4 is 37.0 Å². The number of thioether (sulfide) groups is 1. The maximum atomic E-state index is 13.7. The molecule has 30 heavy (non-hydrogen) atoms. The van der Waals surface area contributed by atoms with Gasteiger partial charge >= 0.3 is 0 Å². The second-order valence-electron chi connectivity index (χ2n) is 7.29. The molecule has 7 heteroatoms. The average Bonchev–Trinajstić information content (AvgIpc) is 3.16. The molecule has 2 aliphatic heterocycles. The summed E-state index contributed by atoms with van der Waals surface area (Å²) in [6.45, 7) is 5.02. The molecule has 0 radical (unpaired) electrons. The minimum atomic E-state index is -0.336. The number of nitrogens with zero attached hydrogens (tertiary/aromatic N) is 2. The van der Waals surface area contributed by atoms with Gasteiger partial charge in [0.1, 0.15) is 25.5 Å². The normalized spacial score (nSPS) is 22.4. The van der Waals surface area contributed by atoms with Crippen LogP contribution in [-0.4, -0.2) is 38.2 Å². The summed E-state index contributed by atoms with van der Waals surface area (Å²) in [6.07, 6.45) is 8.21. The predicted octanol–water partition coefficient (Wildman–Crippen LogP) is 5.19. The Morgan fingerprint density at radius 2 is 2.27 bits per heavy atom. The van der Waals surface area contributed by atoms with E-state index in [4.69, 9.17) is 16.6 Å². The zero-order valence-electron chi connectivity index (χ0n) is 18.0. The fourth-order valence-electron chi connectivity index (χ4n) is 3.88. The summed E-state index contributed by atoms with van der Waals surface area (Å²) in [5, 5.41) is 5.91. The monoisotopic (exact) mass is 443 g/mol. The van der Waals surface area contributed by atoms with Gasteiger partial charge < -0.3 is 10.2 Å². The standard InChI is InChI=1S/C23H28BClFN3S/c1-4-6-21(30-11-5-2)23-28-22(17-8-7-15(26)12-19(17)25)18(9-10-24)20-13-16(27-3)14-29(20)23/h5-12,16,22,27H,4,13-14,24H2,1-3H3/b10-9+,11-5-,21-6+/t16-,22-/m0/s1. The average molecular weight is 444 g/mol. The Hall–Kier alpha value is -1.76. The summed E-state index contributed by atoms with van der Waals surface area (Å²) in [6, 6.07) is 4.68. The van der Waals surface area contributed by atoms with Gasteiger partial charge in [0.25, 0.3) is 0 Å².